The van der Waals surface area contributed by atoms with Gasteiger partial charge in [0.2, 0.25) is 10.0 Å². The van der Waals surface area contributed by atoms with Gasteiger partial charge in [-0.15, -0.1) is 0 Å². The average molecular weight is 321 g/mol. The Labute approximate surface area is 120 Å². The highest BCUT2D eigenvalue weighted by atomic mass is 32.2. The molecule has 1 aromatic rings. The first-order chi connectivity index (χ1) is 9.71. The van der Waals surface area contributed by atoms with Crippen LogP contribution in [0.4, 0.5) is 13.2 Å². The van der Waals surface area contributed by atoms with Gasteiger partial charge in [-0.1, -0.05) is 12.1 Å². The molecule has 3 atom stereocenters. The van der Waals surface area contributed by atoms with Crippen molar-refractivity contribution in [1.82, 2.24) is 4.31 Å². The second-order valence-corrected chi connectivity index (χ2v) is 7.45. The minimum absolute atomic E-state index is 0.0489. The van der Waals surface area contributed by atoms with E-state index in [1.807, 2.05) is 0 Å². The summed E-state index contributed by atoms with van der Waals surface area (Å²) in [7, 11) is -4.20. The van der Waals surface area contributed by atoms with E-state index < -0.39 is 32.8 Å². The number of aliphatic hydroxyl groups is 1. The minimum atomic E-state index is -4.72. The van der Waals surface area contributed by atoms with E-state index in [9.17, 15) is 26.7 Å². The van der Waals surface area contributed by atoms with E-state index in [-0.39, 0.29) is 24.9 Å². The number of nitrogens with zero attached hydrogens (tertiary/aromatic N) is 1. The zero-order chi connectivity index (χ0) is 15.4. The van der Waals surface area contributed by atoms with Crippen LogP contribution in [0.2, 0.25) is 0 Å². The summed E-state index contributed by atoms with van der Waals surface area (Å²) in [6, 6.07) is 4.20. The molecular formula is C13H14F3NO3S. The van der Waals surface area contributed by atoms with Gasteiger partial charge in [0.1, 0.15) is 0 Å². The minimum Gasteiger partial charge on any atom is -0.393 e. The van der Waals surface area contributed by atoms with E-state index >= 15 is 0 Å². The Morgan fingerprint density at radius 2 is 1.86 bits per heavy atom. The zero-order valence-corrected chi connectivity index (χ0v) is 11.7. The number of alkyl halides is 3. The molecule has 2 aliphatic rings. The molecule has 3 rings (SSSR count). The molecule has 0 aromatic heterocycles. The number of rotatable bonds is 2. The number of sulfonamides is 1. The number of hydrogen-bond donors (Lipinski definition) is 1. The largest absolute Gasteiger partial charge is 0.417 e. The molecule has 2 fully saturated rings. The van der Waals surface area contributed by atoms with Crippen molar-refractivity contribution in [2.45, 2.75) is 23.6 Å². The van der Waals surface area contributed by atoms with Crippen LogP contribution in [0.3, 0.4) is 0 Å². The van der Waals surface area contributed by atoms with E-state index in [0.29, 0.717) is 6.42 Å². The van der Waals surface area contributed by atoms with Crippen molar-refractivity contribution in [2.24, 2.45) is 11.8 Å². The standard InChI is InChI=1S/C13H14F3NO3S/c14-13(15,16)10-3-1-2-4-12(10)21(19,20)17-6-8-5-11(18)9(8)7-17/h1-4,8-9,11,18H,5-7H2/t8-,9+,11-/m1/s1. The maximum atomic E-state index is 13.0. The topological polar surface area (TPSA) is 57.6 Å². The van der Waals surface area contributed by atoms with Gasteiger partial charge < -0.3 is 5.11 Å². The highest BCUT2D eigenvalue weighted by molar-refractivity contribution is 7.89. The lowest BCUT2D eigenvalue weighted by Crippen LogP contribution is -2.39. The van der Waals surface area contributed by atoms with Crippen LogP contribution in [-0.2, 0) is 16.2 Å². The molecule has 8 heteroatoms. The Bertz CT molecular complexity index is 659. The van der Waals surface area contributed by atoms with Gasteiger partial charge in [-0.3, -0.25) is 0 Å². The van der Waals surface area contributed by atoms with Crippen molar-refractivity contribution in [3.63, 3.8) is 0 Å². The van der Waals surface area contributed by atoms with Crippen LogP contribution in [0.5, 0.6) is 0 Å². The maximum Gasteiger partial charge on any atom is 0.417 e. The first-order valence-electron chi connectivity index (χ1n) is 6.55. The molecule has 1 N–H and O–H groups in total. The lowest BCUT2D eigenvalue weighted by atomic mass is 9.74. The van der Waals surface area contributed by atoms with Crippen molar-refractivity contribution >= 4 is 10.0 Å². The van der Waals surface area contributed by atoms with E-state index in [2.05, 4.69) is 0 Å². The third kappa shape index (κ3) is 2.35. The molecule has 1 saturated carbocycles. The van der Waals surface area contributed by atoms with Gasteiger partial charge in [-0.2, -0.15) is 17.5 Å². The summed E-state index contributed by atoms with van der Waals surface area (Å²) in [6.07, 6.45) is -4.76. The molecule has 1 saturated heterocycles. The molecule has 1 aliphatic carbocycles. The van der Waals surface area contributed by atoms with Gasteiger partial charge in [-0.05, 0) is 24.5 Å². The van der Waals surface area contributed by atoms with Gasteiger partial charge >= 0.3 is 6.18 Å². The Morgan fingerprint density at radius 3 is 2.43 bits per heavy atom. The second kappa shape index (κ2) is 4.69. The fraction of sp³-hybridized carbons (Fsp3) is 0.538. The second-order valence-electron chi connectivity index (χ2n) is 5.54. The molecule has 116 valence electrons. The van der Waals surface area contributed by atoms with Crippen molar-refractivity contribution in [3.8, 4) is 0 Å². The average Bonchev–Trinajstić information content (AvgIpc) is 2.76. The van der Waals surface area contributed by atoms with Crippen LogP contribution >= 0.6 is 0 Å². The van der Waals surface area contributed by atoms with E-state index in [0.717, 1.165) is 16.4 Å². The quantitative estimate of drug-likeness (QED) is 0.902. The van der Waals surface area contributed by atoms with Crippen LogP contribution in [-0.4, -0.2) is 37.0 Å². The van der Waals surface area contributed by atoms with Crippen LogP contribution < -0.4 is 0 Å². The SMILES string of the molecule is O=S(=O)(c1ccccc1C(F)(F)F)N1C[C@H]2C[C@@H](O)[C@H]2C1. The molecule has 4 nitrogen and oxygen atoms in total. The third-order valence-electron chi connectivity index (χ3n) is 4.31. The monoisotopic (exact) mass is 321 g/mol. The van der Waals surface area contributed by atoms with Crippen LogP contribution in [0.1, 0.15) is 12.0 Å². The van der Waals surface area contributed by atoms with Crippen molar-refractivity contribution < 1.29 is 26.7 Å². The Kier molecular flexibility index (Phi) is 3.30. The fourth-order valence-corrected chi connectivity index (χ4v) is 4.84. The zero-order valence-electron chi connectivity index (χ0n) is 10.9. The fourth-order valence-electron chi connectivity index (χ4n) is 3.09. The van der Waals surface area contributed by atoms with Crippen molar-refractivity contribution in [1.29, 1.82) is 0 Å². The van der Waals surface area contributed by atoms with Gasteiger partial charge in [0.15, 0.2) is 0 Å². The molecule has 1 heterocycles. The van der Waals surface area contributed by atoms with E-state index in [4.69, 9.17) is 0 Å². The molecule has 0 spiro atoms. The number of aliphatic hydroxyl groups excluding tert-OH is 1. The smallest absolute Gasteiger partial charge is 0.393 e. The Hall–Kier alpha value is -1.12. The van der Waals surface area contributed by atoms with Crippen LogP contribution in [0, 0.1) is 11.8 Å². The Balaban J connectivity index is 1.97. The highest BCUT2D eigenvalue weighted by Crippen LogP contribution is 2.43. The number of benzene rings is 1. The van der Waals surface area contributed by atoms with Gasteiger partial charge in [0.05, 0.1) is 16.6 Å². The van der Waals surface area contributed by atoms with E-state index in [1.165, 1.54) is 12.1 Å². The molecule has 0 amide bonds. The summed E-state index contributed by atoms with van der Waals surface area (Å²) < 4.78 is 64.9. The van der Waals surface area contributed by atoms with Gasteiger partial charge in [-0.25, -0.2) is 8.42 Å². The lowest BCUT2D eigenvalue weighted by Gasteiger charge is -2.34. The van der Waals surface area contributed by atoms with Crippen molar-refractivity contribution in [3.05, 3.63) is 29.8 Å². The van der Waals surface area contributed by atoms with Gasteiger partial charge in [0, 0.05) is 19.0 Å². The first-order valence-corrected chi connectivity index (χ1v) is 7.99. The van der Waals surface area contributed by atoms with Crippen LogP contribution in [0.15, 0.2) is 29.2 Å². The van der Waals surface area contributed by atoms with E-state index in [1.54, 1.807) is 0 Å². The van der Waals surface area contributed by atoms with Gasteiger partial charge in [0.25, 0.3) is 0 Å². The third-order valence-corrected chi connectivity index (χ3v) is 6.20. The summed E-state index contributed by atoms with van der Waals surface area (Å²) >= 11 is 0. The Morgan fingerprint density at radius 1 is 1.19 bits per heavy atom. The number of hydrogen-bond acceptors (Lipinski definition) is 3. The number of halogens is 3. The molecule has 0 unspecified atom stereocenters. The molecule has 21 heavy (non-hydrogen) atoms. The summed E-state index contributed by atoms with van der Waals surface area (Å²) in [5.74, 6) is -0.106. The highest BCUT2D eigenvalue weighted by Gasteiger charge is 2.50. The number of fused-ring (bicyclic) bond motifs is 1. The predicted molar refractivity (Wildman–Crippen MR) is 67.8 cm³/mol. The maximum absolute atomic E-state index is 13.0. The molecule has 1 aromatic carbocycles. The lowest BCUT2D eigenvalue weighted by molar-refractivity contribution is -0.139. The van der Waals surface area contributed by atoms with Crippen LogP contribution in [0.25, 0.3) is 0 Å². The summed E-state index contributed by atoms with van der Waals surface area (Å²) in [5.41, 5.74) is -1.15. The summed E-state index contributed by atoms with van der Waals surface area (Å²) in [5, 5.41) is 9.55. The first kappa shape index (κ1) is 14.8. The molecular weight excluding hydrogens is 307 g/mol. The molecule has 0 bridgehead atoms. The molecule has 1 aliphatic heterocycles. The summed E-state index contributed by atoms with van der Waals surface area (Å²) in [4.78, 5) is -0.715. The molecule has 0 radical (unpaired) electrons. The predicted octanol–water partition coefficient (Wildman–Crippen LogP) is 1.71. The normalized spacial score (nSPS) is 30.0. The van der Waals surface area contributed by atoms with Crippen molar-refractivity contribution in [2.75, 3.05) is 13.1 Å². The summed E-state index contributed by atoms with van der Waals surface area (Å²) in [6.45, 7) is 0.261.